The molecule has 1 heterocycles. The highest BCUT2D eigenvalue weighted by atomic mass is 16.5. The zero-order valence-electron chi connectivity index (χ0n) is 13.3. The molecule has 23 heavy (non-hydrogen) atoms. The van der Waals surface area contributed by atoms with Gasteiger partial charge in [-0.1, -0.05) is 12.1 Å². The summed E-state index contributed by atoms with van der Waals surface area (Å²) in [7, 11) is 2.91. The molecule has 2 rings (SSSR count). The fourth-order valence-corrected chi connectivity index (χ4v) is 2.18. The minimum absolute atomic E-state index is 0.186. The summed E-state index contributed by atoms with van der Waals surface area (Å²) >= 11 is 0. The van der Waals surface area contributed by atoms with Crippen molar-refractivity contribution in [1.82, 2.24) is 5.32 Å². The molecule has 0 aliphatic rings. The number of nitrogens with one attached hydrogen (secondary N) is 1. The van der Waals surface area contributed by atoms with E-state index < -0.39 is 5.97 Å². The van der Waals surface area contributed by atoms with E-state index in [1.54, 1.807) is 38.3 Å². The predicted octanol–water partition coefficient (Wildman–Crippen LogP) is 2.45. The van der Waals surface area contributed by atoms with Gasteiger partial charge in [-0.15, -0.1) is 0 Å². The van der Waals surface area contributed by atoms with Crippen molar-refractivity contribution >= 4 is 11.9 Å². The van der Waals surface area contributed by atoms with Crippen LogP contribution in [0.4, 0.5) is 0 Å². The monoisotopic (exact) mass is 317 g/mol. The lowest BCUT2D eigenvalue weighted by molar-refractivity contribution is 0.0598. The Kier molecular flexibility index (Phi) is 5.54. The van der Waals surface area contributed by atoms with Crippen molar-refractivity contribution < 1.29 is 23.5 Å². The Morgan fingerprint density at radius 2 is 2.00 bits per heavy atom. The molecule has 0 aliphatic heterocycles. The molecule has 0 fully saturated rings. The second-order valence-corrected chi connectivity index (χ2v) is 4.99. The smallest absolute Gasteiger partial charge is 0.341 e. The number of benzene rings is 1. The van der Waals surface area contributed by atoms with Crippen molar-refractivity contribution in [1.29, 1.82) is 0 Å². The number of ether oxygens (including phenoxy) is 2. The average Bonchev–Trinajstić information content (AvgIpc) is 2.93. The van der Waals surface area contributed by atoms with Gasteiger partial charge >= 0.3 is 5.97 Å². The third-order valence-corrected chi connectivity index (χ3v) is 3.30. The number of hydrogen-bond acceptors (Lipinski definition) is 5. The van der Waals surface area contributed by atoms with Gasteiger partial charge < -0.3 is 19.2 Å². The van der Waals surface area contributed by atoms with Gasteiger partial charge in [0.2, 0.25) is 0 Å². The van der Waals surface area contributed by atoms with E-state index in [2.05, 4.69) is 10.1 Å². The third kappa shape index (κ3) is 4.20. The van der Waals surface area contributed by atoms with Gasteiger partial charge in [0.1, 0.15) is 17.1 Å². The summed E-state index contributed by atoms with van der Waals surface area (Å²) in [5.74, 6) is 0.264. The van der Waals surface area contributed by atoms with Crippen molar-refractivity contribution in [3.63, 3.8) is 0 Å². The maximum Gasteiger partial charge on any atom is 0.341 e. The number of amides is 1. The first-order chi connectivity index (χ1) is 11.0. The summed E-state index contributed by atoms with van der Waals surface area (Å²) < 4.78 is 15.2. The topological polar surface area (TPSA) is 77.8 Å². The van der Waals surface area contributed by atoms with E-state index in [0.717, 1.165) is 5.56 Å². The molecule has 1 aromatic heterocycles. The van der Waals surface area contributed by atoms with Gasteiger partial charge in [0.15, 0.2) is 0 Å². The molecule has 1 N–H and O–H groups in total. The molecule has 6 nitrogen and oxygen atoms in total. The van der Waals surface area contributed by atoms with Crippen molar-refractivity contribution in [2.24, 2.45) is 0 Å². The van der Waals surface area contributed by atoms with Crippen LogP contribution in [0.15, 0.2) is 34.7 Å². The van der Waals surface area contributed by atoms with Crippen molar-refractivity contribution in [3.05, 3.63) is 58.5 Å². The summed E-state index contributed by atoms with van der Waals surface area (Å²) in [6.45, 7) is 2.30. The molecule has 122 valence electrons. The van der Waals surface area contributed by atoms with E-state index in [4.69, 9.17) is 9.15 Å². The fraction of sp³-hybridized carbons (Fsp3) is 0.294. The second-order valence-electron chi connectivity index (χ2n) is 4.99. The molecular formula is C17H19NO5. The van der Waals surface area contributed by atoms with Crippen LogP contribution in [0.2, 0.25) is 0 Å². The average molecular weight is 317 g/mol. The van der Waals surface area contributed by atoms with Gasteiger partial charge in [0, 0.05) is 12.7 Å². The first-order valence-electron chi connectivity index (χ1n) is 7.09. The van der Waals surface area contributed by atoms with E-state index in [1.165, 1.54) is 7.11 Å². The Bertz CT molecular complexity index is 705. The van der Waals surface area contributed by atoms with Gasteiger partial charge in [-0.05, 0) is 30.7 Å². The maximum atomic E-state index is 12.2. The zero-order valence-corrected chi connectivity index (χ0v) is 13.3. The van der Waals surface area contributed by atoms with Gasteiger partial charge in [0.05, 0.1) is 20.3 Å². The van der Waals surface area contributed by atoms with Crippen LogP contribution in [0.25, 0.3) is 0 Å². The minimum atomic E-state index is -0.462. The quantitative estimate of drug-likeness (QED) is 0.828. The summed E-state index contributed by atoms with van der Waals surface area (Å²) in [6.07, 6.45) is 0. The van der Waals surface area contributed by atoms with Crippen LogP contribution in [-0.2, 0) is 22.6 Å². The van der Waals surface area contributed by atoms with E-state index >= 15 is 0 Å². The number of methoxy groups -OCH3 is 2. The highest BCUT2D eigenvalue weighted by molar-refractivity contribution is 5.94. The predicted molar refractivity (Wildman–Crippen MR) is 83.1 cm³/mol. The van der Waals surface area contributed by atoms with Gasteiger partial charge in [0.25, 0.3) is 5.91 Å². The van der Waals surface area contributed by atoms with Crippen LogP contribution in [0, 0.1) is 6.92 Å². The Hall–Kier alpha value is -2.60. The molecule has 0 atom stereocenters. The Labute approximate surface area is 134 Å². The molecule has 1 amide bonds. The number of esters is 1. The Morgan fingerprint density at radius 3 is 2.70 bits per heavy atom. The highest BCUT2D eigenvalue weighted by Crippen LogP contribution is 2.15. The Balaban J connectivity index is 2.02. The molecule has 0 aliphatic carbocycles. The molecule has 0 unspecified atom stereocenters. The van der Waals surface area contributed by atoms with Crippen LogP contribution in [0.5, 0.6) is 0 Å². The lowest BCUT2D eigenvalue weighted by Gasteiger charge is -2.05. The summed E-state index contributed by atoms with van der Waals surface area (Å²) in [5, 5.41) is 2.76. The minimum Gasteiger partial charge on any atom is -0.465 e. The van der Waals surface area contributed by atoms with Crippen LogP contribution in [0.1, 0.15) is 37.8 Å². The van der Waals surface area contributed by atoms with Crippen molar-refractivity contribution in [2.45, 2.75) is 20.1 Å². The molecular weight excluding hydrogens is 298 g/mol. The Morgan fingerprint density at radius 1 is 1.22 bits per heavy atom. The van der Waals surface area contributed by atoms with Crippen LogP contribution >= 0.6 is 0 Å². The van der Waals surface area contributed by atoms with E-state index in [-0.39, 0.29) is 12.5 Å². The lowest BCUT2D eigenvalue weighted by Crippen LogP contribution is -2.22. The van der Waals surface area contributed by atoms with Gasteiger partial charge in [-0.2, -0.15) is 0 Å². The van der Waals surface area contributed by atoms with Crippen LogP contribution < -0.4 is 5.32 Å². The first-order valence-corrected chi connectivity index (χ1v) is 7.09. The molecule has 2 aromatic rings. The molecule has 1 aromatic carbocycles. The fourth-order valence-electron chi connectivity index (χ4n) is 2.18. The van der Waals surface area contributed by atoms with Crippen LogP contribution in [-0.4, -0.2) is 26.1 Å². The number of aryl methyl sites for hydroxylation is 1. The summed E-state index contributed by atoms with van der Waals surface area (Å²) in [4.78, 5) is 23.7. The number of carbonyl (C=O) groups is 2. The molecule has 0 radical (unpaired) electrons. The molecule has 0 spiro atoms. The number of rotatable bonds is 6. The SMILES string of the molecule is COCc1cccc(C(=O)NCc2cc(C(=O)OC)c(C)o2)c1. The first kappa shape index (κ1) is 16.8. The third-order valence-electron chi connectivity index (χ3n) is 3.30. The summed E-state index contributed by atoms with van der Waals surface area (Å²) in [6, 6.07) is 8.76. The lowest BCUT2D eigenvalue weighted by atomic mass is 10.1. The largest absolute Gasteiger partial charge is 0.465 e. The molecule has 6 heteroatoms. The second kappa shape index (κ2) is 7.60. The normalized spacial score (nSPS) is 10.4. The van der Waals surface area contributed by atoms with Crippen molar-refractivity contribution in [3.8, 4) is 0 Å². The highest BCUT2D eigenvalue weighted by Gasteiger charge is 2.16. The number of furan rings is 1. The van der Waals surface area contributed by atoms with Gasteiger partial charge in [-0.3, -0.25) is 4.79 Å². The maximum absolute atomic E-state index is 12.2. The molecule has 0 bridgehead atoms. The standard InChI is InChI=1S/C17H19NO5/c1-11-15(17(20)22-3)8-14(23-11)9-18-16(19)13-6-4-5-12(7-13)10-21-2/h4-8H,9-10H2,1-3H3,(H,18,19). The number of hydrogen-bond donors (Lipinski definition) is 1. The van der Waals surface area contributed by atoms with Crippen molar-refractivity contribution in [2.75, 3.05) is 14.2 Å². The molecule has 0 saturated carbocycles. The molecule has 0 saturated heterocycles. The van der Waals surface area contributed by atoms with E-state index in [1.807, 2.05) is 6.07 Å². The zero-order chi connectivity index (χ0) is 16.8. The summed E-state index contributed by atoms with van der Waals surface area (Å²) in [5.41, 5.74) is 1.82. The van der Waals surface area contributed by atoms with Crippen LogP contribution in [0.3, 0.4) is 0 Å². The number of carbonyl (C=O) groups excluding carboxylic acids is 2. The van der Waals surface area contributed by atoms with E-state index in [0.29, 0.717) is 29.3 Å². The van der Waals surface area contributed by atoms with Gasteiger partial charge in [-0.25, -0.2) is 4.79 Å². The van der Waals surface area contributed by atoms with E-state index in [9.17, 15) is 9.59 Å².